The molecule has 1 N–H and O–H groups in total. The molecule has 0 radical (unpaired) electrons. The highest BCUT2D eigenvalue weighted by Gasteiger charge is 2.08. The quantitative estimate of drug-likeness (QED) is 0.814. The lowest BCUT2D eigenvalue weighted by Gasteiger charge is -2.18. The maximum absolute atomic E-state index is 5.27. The van der Waals surface area contributed by atoms with E-state index in [1.807, 2.05) is 17.8 Å². The van der Waals surface area contributed by atoms with E-state index in [1.54, 1.807) is 7.11 Å². The summed E-state index contributed by atoms with van der Waals surface area (Å²) in [7, 11) is 1.71. The van der Waals surface area contributed by atoms with Crippen LogP contribution in [0.4, 0.5) is 0 Å². The molecular formula is C18H25NOS. The summed E-state index contributed by atoms with van der Waals surface area (Å²) < 4.78 is 5.27. The summed E-state index contributed by atoms with van der Waals surface area (Å²) in [6, 6.07) is 13.3. The van der Waals surface area contributed by atoms with E-state index in [1.165, 1.54) is 22.1 Å². The maximum atomic E-state index is 5.27. The van der Waals surface area contributed by atoms with Gasteiger partial charge in [-0.25, -0.2) is 0 Å². The van der Waals surface area contributed by atoms with Gasteiger partial charge < -0.3 is 10.1 Å². The molecule has 2 aromatic carbocycles. The minimum Gasteiger partial charge on any atom is -0.497 e. The Hall–Kier alpha value is -1.19. The largest absolute Gasteiger partial charge is 0.497 e. The predicted octanol–water partition coefficient (Wildman–Crippen LogP) is 4.50. The van der Waals surface area contributed by atoms with Crippen molar-refractivity contribution in [2.45, 2.75) is 19.9 Å². The Morgan fingerprint density at radius 2 is 1.81 bits per heavy atom. The van der Waals surface area contributed by atoms with Crippen LogP contribution in [0.1, 0.15) is 25.5 Å². The summed E-state index contributed by atoms with van der Waals surface area (Å²) in [4.78, 5) is 0. The topological polar surface area (TPSA) is 21.3 Å². The second-order valence-electron chi connectivity index (χ2n) is 5.66. The lowest BCUT2D eigenvalue weighted by atomic mass is 10.0. The monoisotopic (exact) mass is 303 g/mol. The Kier molecular flexibility index (Phi) is 5.95. The minimum atomic E-state index is 0.376. The van der Waals surface area contributed by atoms with E-state index in [9.17, 15) is 0 Å². The van der Waals surface area contributed by atoms with Crippen molar-refractivity contribution in [1.29, 1.82) is 0 Å². The van der Waals surface area contributed by atoms with Crippen molar-refractivity contribution < 1.29 is 4.74 Å². The Bertz CT molecular complexity index is 584. The standard InChI is InChI=1S/C18H25NOS/c1-13(12-21-4)11-19-14(2)15-5-6-17-10-18(20-3)8-7-16(17)9-15/h5-10,13-14,19H,11-12H2,1-4H3. The molecule has 21 heavy (non-hydrogen) atoms. The van der Waals surface area contributed by atoms with E-state index in [0.717, 1.165) is 12.3 Å². The van der Waals surface area contributed by atoms with E-state index in [2.05, 4.69) is 55.8 Å². The molecule has 0 aliphatic carbocycles. The van der Waals surface area contributed by atoms with Gasteiger partial charge in [0.2, 0.25) is 0 Å². The SMILES string of the molecule is COc1ccc2cc(C(C)NCC(C)CSC)ccc2c1. The van der Waals surface area contributed by atoms with Crippen molar-refractivity contribution in [1.82, 2.24) is 5.32 Å². The number of nitrogens with one attached hydrogen (secondary N) is 1. The van der Waals surface area contributed by atoms with Gasteiger partial charge in [0.15, 0.2) is 0 Å². The normalized spacial score (nSPS) is 14.1. The summed E-state index contributed by atoms with van der Waals surface area (Å²) in [5, 5.41) is 6.12. The molecule has 0 aliphatic rings. The average Bonchev–Trinajstić information content (AvgIpc) is 2.51. The predicted molar refractivity (Wildman–Crippen MR) is 94.5 cm³/mol. The molecule has 114 valence electrons. The number of thioether (sulfide) groups is 1. The first-order valence-corrected chi connectivity index (χ1v) is 8.83. The highest BCUT2D eigenvalue weighted by Crippen LogP contribution is 2.24. The van der Waals surface area contributed by atoms with E-state index < -0.39 is 0 Å². The number of fused-ring (bicyclic) bond motifs is 1. The zero-order chi connectivity index (χ0) is 15.2. The molecule has 2 nitrogen and oxygen atoms in total. The Morgan fingerprint density at radius 3 is 2.52 bits per heavy atom. The Labute approximate surface area is 132 Å². The fourth-order valence-corrected chi connectivity index (χ4v) is 3.16. The average molecular weight is 303 g/mol. The number of ether oxygens (including phenoxy) is 1. The van der Waals surface area contributed by atoms with Crippen molar-refractivity contribution in [3.8, 4) is 5.75 Å². The smallest absolute Gasteiger partial charge is 0.119 e. The molecule has 0 spiro atoms. The number of benzene rings is 2. The molecule has 2 atom stereocenters. The Balaban J connectivity index is 2.07. The zero-order valence-electron chi connectivity index (χ0n) is 13.3. The van der Waals surface area contributed by atoms with Crippen LogP contribution < -0.4 is 10.1 Å². The van der Waals surface area contributed by atoms with Crippen LogP contribution in [0.15, 0.2) is 36.4 Å². The molecule has 2 rings (SSSR count). The molecule has 0 saturated carbocycles. The molecule has 0 fully saturated rings. The number of methoxy groups -OCH3 is 1. The summed E-state index contributed by atoms with van der Waals surface area (Å²) in [6.45, 7) is 5.59. The van der Waals surface area contributed by atoms with Crippen molar-refractivity contribution in [3.63, 3.8) is 0 Å². The van der Waals surface area contributed by atoms with Gasteiger partial charge in [-0.3, -0.25) is 0 Å². The van der Waals surface area contributed by atoms with Crippen molar-refractivity contribution in [2.24, 2.45) is 5.92 Å². The first-order valence-electron chi connectivity index (χ1n) is 7.44. The number of hydrogen-bond acceptors (Lipinski definition) is 3. The third-order valence-electron chi connectivity index (χ3n) is 3.80. The fraction of sp³-hybridized carbons (Fsp3) is 0.444. The summed E-state index contributed by atoms with van der Waals surface area (Å²) >= 11 is 1.91. The molecule has 0 amide bonds. The van der Waals surface area contributed by atoms with Gasteiger partial charge in [-0.1, -0.05) is 25.1 Å². The number of rotatable bonds is 7. The van der Waals surface area contributed by atoms with Crippen LogP contribution >= 0.6 is 11.8 Å². The third-order valence-corrected chi connectivity index (χ3v) is 4.70. The highest BCUT2D eigenvalue weighted by atomic mass is 32.2. The molecule has 0 saturated heterocycles. The van der Waals surface area contributed by atoms with Gasteiger partial charge in [0.1, 0.15) is 5.75 Å². The molecule has 0 heterocycles. The van der Waals surface area contributed by atoms with E-state index in [-0.39, 0.29) is 0 Å². The van der Waals surface area contributed by atoms with Crippen LogP contribution in [-0.2, 0) is 0 Å². The second kappa shape index (κ2) is 7.71. The molecular weight excluding hydrogens is 278 g/mol. The van der Waals surface area contributed by atoms with Crippen LogP contribution in [0.2, 0.25) is 0 Å². The molecule has 2 unspecified atom stereocenters. The van der Waals surface area contributed by atoms with Crippen LogP contribution in [0, 0.1) is 5.92 Å². The first kappa shape index (κ1) is 16.2. The van der Waals surface area contributed by atoms with Gasteiger partial charge in [-0.05, 0) is 65.9 Å². The van der Waals surface area contributed by atoms with Gasteiger partial charge in [-0.15, -0.1) is 0 Å². The summed E-state index contributed by atoms with van der Waals surface area (Å²) in [5.74, 6) is 2.82. The molecule has 0 bridgehead atoms. The molecule has 2 aromatic rings. The third kappa shape index (κ3) is 4.39. The second-order valence-corrected chi connectivity index (χ2v) is 6.57. The van der Waals surface area contributed by atoms with Crippen molar-refractivity contribution >= 4 is 22.5 Å². The van der Waals surface area contributed by atoms with Gasteiger partial charge in [0.25, 0.3) is 0 Å². The van der Waals surface area contributed by atoms with Crippen molar-refractivity contribution in [3.05, 3.63) is 42.0 Å². The van der Waals surface area contributed by atoms with Crippen LogP contribution in [0.5, 0.6) is 5.75 Å². The van der Waals surface area contributed by atoms with E-state index in [0.29, 0.717) is 12.0 Å². The summed E-state index contributed by atoms with van der Waals surface area (Å²) in [6.07, 6.45) is 2.16. The van der Waals surface area contributed by atoms with Gasteiger partial charge in [0, 0.05) is 6.04 Å². The first-order chi connectivity index (χ1) is 10.1. The fourth-order valence-electron chi connectivity index (χ4n) is 2.48. The highest BCUT2D eigenvalue weighted by molar-refractivity contribution is 7.98. The van der Waals surface area contributed by atoms with Crippen LogP contribution in [-0.4, -0.2) is 25.7 Å². The van der Waals surface area contributed by atoms with E-state index >= 15 is 0 Å². The van der Waals surface area contributed by atoms with Gasteiger partial charge in [0.05, 0.1) is 7.11 Å². The lowest BCUT2D eigenvalue weighted by Crippen LogP contribution is -2.25. The number of hydrogen-bond donors (Lipinski definition) is 1. The summed E-state index contributed by atoms with van der Waals surface area (Å²) in [5.41, 5.74) is 1.34. The van der Waals surface area contributed by atoms with Gasteiger partial charge >= 0.3 is 0 Å². The van der Waals surface area contributed by atoms with E-state index in [4.69, 9.17) is 4.74 Å². The van der Waals surface area contributed by atoms with Crippen LogP contribution in [0.3, 0.4) is 0 Å². The molecule has 3 heteroatoms. The van der Waals surface area contributed by atoms with Crippen LogP contribution in [0.25, 0.3) is 10.8 Å². The maximum Gasteiger partial charge on any atom is 0.119 e. The van der Waals surface area contributed by atoms with Crippen molar-refractivity contribution in [2.75, 3.05) is 25.7 Å². The molecule has 0 aromatic heterocycles. The minimum absolute atomic E-state index is 0.376. The zero-order valence-corrected chi connectivity index (χ0v) is 14.2. The van der Waals surface area contributed by atoms with Gasteiger partial charge in [-0.2, -0.15) is 11.8 Å². The lowest BCUT2D eigenvalue weighted by molar-refractivity contribution is 0.415. The Morgan fingerprint density at radius 1 is 1.10 bits per heavy atom. The molecule has 0 aliphatic heterocycles.